The van der Waals surface area contributed by atoms with Gasteiger partial charge in [0.15, 0.2) is 12.1 Å². The molecule has 0 unspecified atom stereocenters. The first-order valence-corrected chi connectivity index (χ1v) is 8.60. The van der Waals surface area contributed by atoms with Crippen molar-refractivity contribution >= 4 is 22.0 Å². The van der Waals surface area contributed by atoms with E-state index >= 15 is 0 Å². The Morgan fingerprint density at radius 3 is 2.79 bits per heavy atom. The van der Waals surface area contributed by atoms with Crippen molar-refractivity contribution in [2.75, 3.05) is 26.4 Å². The molecule has 1 aromatic carbocycles. The quantitative estimate of drug-likeness (QED) is 0.720. The topological polar surface area (TPSA) is 66.1 Å². The Bertz CT molecular complexity index is 642. The predicted molar refractivity (Wildman–Crippen MR) is 88.5 cm³/mol. The SMILES string of the molecule is NC1=N[C@@]2(CCCCOCCOc3ccc(Br)cc32)C(F)(F)CO1. The average molecular weight is 405 g/mol. The number of benzene rings is 1. The maximum Gasteiger partial charge on any atom is 0.310 e. The van der Waals surface area contributed by atoms with Crippen LogP contribution < -0.4 is 10.5 Å². The van der Waals surface area contributed by atoms with E-state index in [2.05, 4.69) is 20.9 Å². The maximum atomic E-state index is 15.0. The van der Waals surface area contributed by atoms with Crippen molar-refractivity contribution in [2.24, 2.45) is 10.7 Å². The molecule has 132 valence electrons. The first kappa shape index (κ1) is 17.4. The minimum Gasteiger partial charge on any atom is -0.491 e. The molecular formula is C16H19BrF2N2O3. The smallest absolute Gasteiger partial charge is 0.310 e. The second kappa shape index (κ2) is 6.84. The number of nitrogens with zero attached hydrogens (tertiary/aromatic N) is 1. The van der Waals surface area contributed by atoms with Crippen LogP contribution in [0, 0.1) is 0 Å². The molecule has 0 bridgehead atoms. The van der Waals surface area contributed by atoms with Gasteiger partial charge in [-0.05, 0) is 37.5 Å². The number of hydrogen-bond donors (Lipinski definition) is 1. The third kappa shape index (κ3) is 3.21. The molecule has 3 rings (SSSR count). The van der Waals surface area contributed by atoms with E-state index < -0.39 is 18.1 Å². The molecule has 5 nitrogen and oxygen atoms in total. The van der Waals surface area contributed by atoms with Crippen LogP contribution in [0.3, 0.4) is 0 Å². The summed E-state index contributed by atoms with van der Waals surface area (Å²) in [7, 11) is 0. The highest BCUT2D eigenvalue weighted by Crippen LogP contribution is 2.50. The Morgan fingerprint density at radius 1 is 1.12 bits per heavy atom. The van der Waals surface area contributed by atoms with Crippen LogP contribution in [0.25, 0.3) is 0 Å². The summed E-state index contributed by atoms with van der Waals surface area (Å²) in [6, 6.07) is 4.82. The molecule has 0 saturated heterocycles. The lowest BCUT2D eigenvalue weighted by Crippen LogP contribution is -2.53. The van der Waals surface area contributed by atoms with Crippen molar-refractivity contribution in [3.63, 3.8) is 0 Å². The van der Waals surface area contributed by atoms with Crippen molar-refractivity contribution in [1.82, 2.24) is 0 Å². The lowest BCUT2D eigenvalue weighted by molar-refractivity contribution is -0.126. The Labute approximate surface area is 147 Å². The van der Waals surface area contributed by atoms with Gasteiger partial charge in [0.1, 0.15) is 12.4 Å². The van der Waals surface area contributed by atoms with Crippen molar-refractivity contribution in [3.8, 4) is 5.75 Å². The summed E-state index contributed by atoms with van der Waals surface area (Å²) in [6.07, 6.45) is 1.32. The highest BCUT2D eigenvalue weighted by atomic mass is 79.9. The largest absolute Gasteiger partial charge is 0.491 e. The van der Waals surface area contributed by atoms with Gasteiger partial charge in [-0.1, -0.05) is 15.9 Å². The molecule has 2 aliphatic rings. The van der Waals surface area contributed by atoms with Gasteiger partial charge in [0.25, 0.3) is 6.02 Å². The third-order valence-electron chi connectivity index (χ3n) is 4.26. The van der Waals surface area contributed by atoms with Gasteiger partial charge >= 0.3 is 5.92 Å². The molecule has 8 heteroatoms. The van der Waals surface area contributed by atoms with E-state index in [4.69, 9.17) is 19.9 Å². The van der Waals surface area contributed by atoms with Gasteiger partial charge in [-0.15, -0.1) is 0 Å². The average Bonchev–Trinajstić information content (AvgIpc) is 2.57. The van der Waals surface area contributed by atoms with E-state index in [1.165, 1.54) is 0 Å². The van der Waals surface area contributed by atoms with Gasteiger partial charge in [-0.25, -0.2) is 4.99 Å². The summed E-state index contributed by atoms with van der Waals surface area (Å²) in [5, 5.41) is 0. The van der Waals surface area contributed by atoms with Crippen LogP contribution in [0.15, 0.2) is 27.7 Å². The standard InChI is InChI=1S/C16H19BrF2N2O3/c17-11-3-4-13-12(9-11)15(5-1-2-6-22-7-8-23-13)16(18,19)10-24-14(20)21-15/h3-4,9H,1-2,5-8,10H2,(H2,20,21)/t15-/m1/s1. The van der Waals surface area contributed by atoms with Gasteiger partial charge in [0.2, 0.25) is 0 Å². The molecule has 0 aliphatic carbocycles. The van der Waals surface area contributed by atoms with Crippen LogP contribution in [-0.4, -0.2) is 38.4 Å². The number of alkyl halides is 2. The van der Waals surface area contributed by atoms with Crippen molar-refractivity contribution in [1.29, 1.82) is 0 Å². The molecule has 2 N–H and O–H groups in total. The number of fused-ring (bicyclic) bond motifs is 2. The van der Waals surface area contributed by atoms with Gasteiger partial charge in [0.05, 0.1) is 6.61 Å². The summed E-state index contributed by atoms with van der Waals surface area (Å²) in [4.78, 5) is 4.09. The number of aliphatic imine (C=N–C) groups is 1. The summed E-state index contributed by atoms with van der Waals surface area (Å²) in [5.74, 6) is -2.84. The second-order valence-corrected chi connectivity index (χ2v) is 6.78. The van der Waals surface area contributed by atoms with Crippen molar-refractivity contribution in [2.45, 2.75) is 30.7 Å². The Morgan fingerprint density at radius 2 is 1.96 bits per heavy atom. The molecule has 0 aromatic heterocycles. The van der Waals surface area contributed by atoms with Crippen LogP contribution in [0.2, 0.25) is 0 Å². The molecule has 2 aliphatic heterocycles. The number of nitrogens with two attached hydrogens (primary N) is 1. The normalized spacial score (nSPS) is 27.2. The summed E-state index contributed by atoms with van der Waals surface area (Å²) >= 11 is 3.35. The first-order chi connectivity index (χ1) is 11.4. The highest BCUT2D eigenvalue weighted by molar-refractivity contribution is 9.10. The summed E-state index contributed by atoms with van der Waals surface area (Å²) in [6.45, 7) is 0.394. The van der Waals surface area contributed by atoms with Crippen LogP contribution in [0.4, 0.5) is 8.78 Å². The Hall–Kier alpha value is -1.41. The predicted octanol–water partition coefficient (Wildman–Crippen LogP) is 3.20. The number of rotatable bonds is 0. The fourth-order valence-corrected chi connectivity index (χ4v) is 3.43. The zero-order valence-corrected chi connectivity index (χ0v) is 14.7. The molecule has 1 atom stereocenters. The monoisotopic (exact) mass is 404 g/mol. The molecule has 0 amide bonds. The Balaban J connectivity index is 2.17. The molecule has 1 spiro atoms. The van der Waals surface area contributed by atoms with E-state index in [-0.39, 0.29) is 19.0 Å². The van der Waals surface area contributed by atoms with Crippen LogP contribution in [0.1, 0.15) is 24.8 Å². The number of amidine groups is 1. The number of halogens is 3. The Kier molecular flexibility index (Phi) is 4.96. The summed E-state index contributed by atoms with van der Waals surface area (Å²) in [5.41, 5.74) is 4.17. The number of hydrogen-bond acceptors (Lipinski definition) is 5. The molecule has 0 radical (unpaired) electrons. The van der Waals surface area contributed by atoms with E-state index in [0.29, 0.717) is 41.8 Å². The van der Waals surface area contributed by atoms with Gasteiger partial charge < -0.3 is 19.9 Å². The van der Waals surface area contributed by atoms with Crippen LogP contribution >= 0.6 is 15.9 Å². The van der Waals surface area contributed by atoms with Crippen molar-refractivity contribution in [3.05, 3.63) is 28.2 Å². The van der Waals surface area contributed by atoms with Crippen LogP contribution in [-0.2, 0) is 15.0 Å². The van der Waals surface area contributed by atoms with Crippen molar-refractivity contribution < 1.29 is 23.0 Å². The summed E-state index contributed by atoms with van der Waals surface area (Å²) < 4.78 is 46.6. The van der Waals surface area contributed by atoms with Gasteiger partial charge in [-0.3, -0.25) is 0 Å². The maximum absolute atomic E-state index is 15.0. The van der Waals surface area contributed by atoms with E-state index in [9.17, 15) is 8.78 Å². The molecule has 0 saturated carbocycles. The lowest BCUT2D eigenvalue weighted by Gasteiger charge is -2.41. The fraction of sp³-hybridized carbons (Fsp3) is 0.562. The minimum atomic E-state index is -3.20. The zero-order valence-electron chi connectivity index (χ0n) is 13.1. The second-order valence-electron chi connectivity index (χ2n) is 5.86. The molecular weight excluding hydrogens is 386 g/mol. The van der Waals surface area contributed by atoms with E-state index in [1.807, 2.05) is 0 Å². The zero-order chi connectivity index (χ0) is 17.2. The molecule has 1 aromatic rings. The first-order valence-electron chi connectivity index (χ1n) is 7.81. The molecule has 24 heavy (non-hydrogen) atoms. The van der Waals surface area contributed by atoms with Gasteiger partial charge in [0, 0.05) is 16.6 Å². The van der Waals surface area contributed by atoms with Gasteiger partial charge in [-0.2, -0.15) is 8.78 Å². The third-order valence-corrected chi connectivity index (χ3v) is 4.75. The fourth-order valence-electron chi connectivity index (χ4n) is 3.07. The lowest BCUT2D eigenvalue weighted by atomic mass is 9.79. The number of ether oxygens (including phenoxy) is 3. The minimum absolute atomic E-state index is 0.125. The van der Waals surface area contributed by atoms with E-state index in [0.717, 1.165) is 0 Å². The highest BCUT2D eigenvalue weighted by Gasteiger charge is 2.59. The van der Waals surface area contributed by atoms with E-state index in [1.54, 1.807) is 18.2 Å². The molecule has 2 heterocycles. The van der Waals surface area contributed by atoms with Crippen LogP contribution in [0.5, 0.6) is 5.75 Å². The molecule has 0 fully saturated rings.